The zero-order chi connectivity index (χ0) is 16.9. The van der Waals surface area contributed by atoms with Gasteiger partial charge in [-0.05, 0) is 50.1 Å². The maximum atomic E-state index is 12.4. The molecule has 2 aliphatic rings. The van der Waals surface area contributed by atoms with Gasteiger partial charge < -0.3 is 10.2 Å². The molecular formula is C17H26N4O2S. The van der Waals surface area contributed by atoms with Crippen molar-refractivity contribution in [3.05, 3.63) is 10.6 Å². The van der Waals surface area contributed by atoms with Crippen LogP contribution in [0.3, 0.4) is 0 Å². The smallest absolute Gasteiger partial charge is 0.267 e. The fourth-order valence-electron chi connectivity index (χ4n) is 3.67. The van der Waals surface area contributed by atoms with Crippen LogP contribution in [0.5, 0.6) is 0 Å². The van der Waals surface area contributed by atoms with Gasteiger partial charge in [-0.3, -0.25) is 9.59 Å². The Morgan fingerprint density at radius 3 is 2.50 bits per heavy atom. The molecule has 132 valence electrons. The molecule has 2 heterocycles. The van der Waals surface area contributed by atoms with Crippen LogP contribution in [0.25, 0.3) is 0 Å². The Morgan fingerprint density at radius 2 is 1.88 bits per heavy atom. The molecule has 0 atom stereocenters. The first-order valence-corrected chi connectivity index (χ1v) is 9.78. The summed E-state index contributed by atoms with van der Waals surface area (Å²) in [5.41, 5.74) is 0.715. The van der Waals surface area contributed by atoms with Gasteiger partial charge in [-0.15, -0.1) is 5.10 Å². The van der Waals surface area contributed by atoms with Crippen molar-refractivity contribution < 1.29 is 9.59 Å². The van der Waals surface area contributed by atoms with Crippen LogP contribution in [-0.2, 0) is 4.79 Å². The van der Waals surface area contributed by atoms with E-state index in [1.807, 2.05) is 11.8 Å². The van der Waals surface area contributed by atoms with Gasteiger partial charge in [0.2, 0.25) is 5.91 Å². The Morgan fingerprint density at radius 1 is 1.17 bits per heavy atom. The average Bonchev–Trinajstić information content (AvgIpc) is 3.06. The zero-order valence-corrected chi connectivity index (χ0v) is 15.1. The summed E-state index contributed by atoms with van der Waals surface area (Å²) in [6, 6.07) is 0. The Bertz CT molecular complexity index is 575. The number of aryl methyl sites for hydroxylation is 1. The van der Waals surface area contributed by atoms with Crippen LogP contribution < -0.4 is 5.32 Å². The van der Waals surface area contributed by atoms with Crippen molar-refractivity contribution >= 4 is 23.3 Å². The number of amides is 2. The molecular weight excluding hydrogens is 324 g/mol. The highest BCUT2D eigenvalue weighted by atomic mass is 32.1. The minimum absolute atomic E-state index is 0.0483. The fraction of sp³-hybridized carbons (Fsp3) is 0.765. The topological polar surface area (TPSA) is 75.2 Å². The molecule has 0 unspecified atom stereocenters. The first kappa shape index (κ1) is 17.3. The molecule has 7 heteroatoms. The highest BCUT2D eigenvalue weighted by Gasteiger charge is 2.27. The van der Waals surface area contributed by atoms with Crippen LogP contribution in [0, 0.1) is 18.8 Å². The number of piperidine rings is 1. The van der Waals surface area contributed by atoms with E-state index in [1.165, 1.54) is 30.8 Å². The van der Waals surface area contributed by atoms with Crippen molar-refractivity contribution in [3.63, 3.8) is 0 Å². The molecule has 2 amide bonds. The summed E-state index contributed by atoms with van der Waals surface area (Å²) in [7, 11) is 0. The minimum atomic E-state index is 0.0483. The lowest BCUT2D eigenvalue weighted by Gasteiger charge is -2.32. The summed E-state index contributed by atoms with van der Waals surface area (Å²) >= 11 is 1.17. The molecule has 1 N–H and O–H groups in total. The summed E-state index contributed by atoms with van der Waals surface area (Å²) in [4.78, 5) is 27.2. The van der Waals surface area contributed by atoms with Crippen LogP contribution >= 0.6 is 11.5 Å². The van der Waals surface area contributed by atoms with Gasteiger partial charge in [0, 0.05) is 25.6 Å². The molecule has 1 aromatic heterocycles. The van der Waals surface area contributed by atoms with Gasteiger partial charge in [0.25, 0.3) is 5.91 Å². The van der Waals surface area contributed by atoms with Crippen molar-refractivity contribution in [2.75, 3.05) is 19.6 Å². The van der Waals surface area contributed by atoms with E-state index in [4.69, 9.17) is 0 Å². The number of carbonyl (C=O) groups is 2. The summed E-state index contributed by atoms with van der Waals surface area (Å²) in [5.74, 6) is 0.983. The Hall–Kier alpha value is -1.50. The monoisotopic (exact) mass is 350 g/mol. The summed E-state index contributed by atoms with van der Waals surface area (Å²) in [6.45, 7) is 4.07. The third-order valence-electron chi connectivity index (χ3n) is 5.29. The molecule has 1 saturated carbocycles. The second kappa shape index (κ2) is 8.05. The van der Waals surface area contributed by atoms with Gasteiger partial charge in [0.15, 0.2) is 0 Å². The highest BCUT2D eigenvalue weighted by Crippen LogP contribution is 2.24. The summed E-state index contributed by atoms with van der Waals surface area (Å²) in [5, 5.41) is 7.06. The van der Waals surface area contributed by atoms with Crippen molar-refractivity contribution in [1.82, 2.24) is 19.8 Å². The molecule has 1 saturated heterocycles. The molecule has 24 heavy (non-hydrogen) atoms. The zero-order valence-electron chi connectivity index (χ0n) is 14.3. The number of likely N-dealkylation sites (tertiary alicyclic amines) is 1. The van der Waals surface area contributed by atoms with Gasteiger partial charge in [0.05, 0.1) is 5.69 Å². The van der Waals surface area contributed by atoms with E-state index in [9.17, 15) is 9.59 Å². The lowest BCUT2D eigenvalue weighted by Crippen LogP contribution is -2.42. The van der Waals surface area contributed by atoms with E-state index in [2.05, 4.69) is 14.9 Å². The maximum Gasteiger partial charge on any atom is 0.267 e. The van der Waals surface area contributed by atoms with Crippen LogP contribution in [-0.4, -0.2) is 45.9 Å². The first-order chi connectivity index (χ1) is 11.6. The number of aromatic nitrogens is 2. The van der Waals surface area contributed by atoms with Crippen molar-refractivity contribution in [3.8, 4) is 0 Å². The van der Waals surface area contributed by atoms with Crippen molar-refractivity contribution in [2.24, 2.45) is 11.8 Å². The lowest BCUT2D eigenvalue weighted by molar-refractivity contribution is -0.126. The van der Waals surface area contributed by atoms with Crippen molar-refractivity contribution in [2.45, 2.75) is 51.9 Å². The minimum Gasteiger partial charge on any atom is -0.356 e. The average molecular weight is 350 g/mol. The molecule has 0 bridgehead atoms. The SMILES string of the molecule is Cc1nnsc1C(=O)N1CCC(CNC(=O)C2CCCCC2)CC1. The largest absolute Gasteiger partial charge is 0.356 e. The third kappa shape index (κ3) is 4.12. The van der Waals surface area contributed by atoms with Crippen LogP contribution in [0.15, 0.2) is 0 Å². The van der Waals surface area contributed by atoms with Crippen molar-refractivity contribution in [1.29, 1.82) is 0 Å². The first-order valence-electron chi connectivity index (χ1n) is 9.01. The van der Waals surface area contributed by atoms with Crippen LogP contribution in [0.1, 0.15) is 60.3 Å². The Kier molecular flexibility index (Phi) is 5.81. The molecule has 1 aliphatic heterocycles. The Balaban J connectivity index is 1.41. The quantitative estimate of drug-likeness (QED) is 0.905. The van der Waals surface area contributed by atoms with Crippen LogP contribution in [0.2, 0.25) is 0 Å². The number of nitrogens with zero attached hydrogens (tertiary/aromatic N) is 3. The van der Waals surface area contributed by atoms with Gasteiger partial charge in [-0.1, -0.05) is 23.8 Å². The normalized spacial score (nSPS) is 20.1. The van der Waals surface area contributed by atoms with Gasteiger partial charge in [-0.25, -0.2) is 0 Å². The number of nitrogens with one attached hydrogen (secondary N) is 1. The molecule has 0 aromatic carbocycles. The second-order valence-electron chi connectivity index (χ2n) is 7.00. The predicted octanol–water partition coefficient (Wildman–Crippen LogP) is 2.40. The molecule has 6 nitrogen and oxygen atoms in total. The van der Waals surface area contributed by atoms with Gasteiger partial charge in [-0.2, -0.15) is 0 Å². The maximum absolute atomic E-state index is 12.4. The summed E-state index contributed by atoms with van der Waals surface area (Å²) in [6.07, 6.45) is 7.62. The molecule has 1 aromatic rings. The van der Waals surface area contributed by atoms with E-state index in [-0.39, 0.29) is 17.7 Å². The van der Waals surface area contributed by atoms with Crippen LogP contribution in [0.4, 0.5) is 0 Å². The standard InChI is InChI=1S/C17H26N4O2S/c1-12-15(24-20-19-12)17(23)21-9-7-13(8-10-21)11-18-16(22)14-5-3-2-4-6-14/h13-14H,2-11H2,1H3,(H,18,22). The van der Waals surface area contributed by atoms with E-state index in [0.29, 0.717) is 16.5 Å². The second-order valence-corrected chi connectivity index (χ2v) is 7.76. The number of hydrogen-bond donors (Lipinski definition) is 1. The molecule has 0 spiro atoms. The number of rotatable bonds is 4. The summed E-state index contributed by atoms with van der Waals surface area (Å²) < 4.78 is 3.84. The Labute approximate surface area is 147 Å². The highest BCUT2D eigenvalue weighted by molar-refractivity contribution is 7.07. The predicted molar refractivity (Wildman–Crippen MR) is 92.9 cm³/mol. The third-order valence-corrected chi connectivity index (χ3v) is 6.10. The number of hydrogen-bond acceptors (Lipinski definition) is 5. The molecule has 1 aliphatic carbocycles. The van der Waals surface area contributed by atoms with Gasteiger partial charge >= 0.3 is 0 Å². The van der Waals surface area contributed by atoms with Gasteiger partial charge in [0.1, 0.15) is 4.88 Å². The lowest BCUT2D eigenvalue weighted by atomic mass is 9.88. The fourth-order valence-corrected chi connectivity index (χ4v) is 4.29. The molecule has 3 rings (SSSR count). The van der Waals surface area contributed by atoms with E-state index >= 15 is 0 Å². The molecule has 2 fully saturated rings. The number of carbonyl (C=O) groups excluding carboxylic acids is 2. The van der Waals surface area contributed by atoms with E-state index in [1.54, 1.807) is 0 Å². The molecule has 0 radical (unpaired) electrons. The van der Waals surface area contributed by atoms with E-state index < -0.39 is 0 Å². The van der Waals surface area contributed by atoms with E-state index in [0.717, 1.165) is 45.3 Å².